The Bertz CT molecular complexity index is 528. The van der Waals surface area contributed by atoms with Gasteiger partial charge in [0, 0.05) is 4.88 Å². The van der Waals surface area contributed by atoms with Crippen LogP contribution in [0.4, 0.5) is 0 Å². The molecule has 1 aliphatic carbocycles. The third kappa shape index (κ3) is 2.33. The fourth-order valence-corrected chi connectivity index (χ4v) is 3.47. The molecule has 2 aromatic rings. The van der Waals surface area contributed by atoms with Crippen molar-refractivity contribution >= 4 is 22.9 Å². The highest BCUT2D eigenvalue weighted by Crippen LogP contribution is 2.37. The molecular weight excluding hydrogens is 262 g/mol. The first-order valence-corrected chi connectivity index (χ1v) is 7.54. The number of halogens is 1. The normalized spacial score (nSPS) is 17.4. The second-order valence-corrected chi connectivity index (χ2v) is 6.66. The SMILES string of the molecule is NC(c1ccc(C2CCC2)cc1)c1ccc(Cl)s1. The molecule has 1 aromatic carbocycles. The van der Waals surface area contributed by atoms with E-state index in [2.05, 4.69) is 24.3 Å². The maximum Gasteiger partial charge on any atom is 0.0931 e. The van der Waals surface area contributed by atoms with Gasteiger partial charge in [0.1, 0.15) is 0 Å². The number of rotatable bonds is 3. The van der Waals surface area contributed by atoms with Crippen molar-refractivity contribution in [3.05, 3.63) is 56.7 Å². The summed E-state index contributed by atoms with van der Waals surface area (Å²) in [6.45, 7) is 0. The van der Waals surface area contributed by atoms with Gasteiger partial charge in [-0.3, -0.25) is 0 Å². The van der Waals surface area contributed by atoms with Crippen LogP contribution in [-0.2, 0) is 0 Å². The van der Waals surface area contributed by atoms with E-state index in [-0.39, 0.29) is 6.04 Å². The molecular formula is C15H16ClNS. The third-order valence-electron chi connectivity index (χ3n) is 3.77. The van der Waals surface area contributed by atoms with Gasteiger partial charge in [0.05, 0.1) is 10.4 Å². The minimum Gasteiger partial charge on any atom is -0.320 e. The molecule has 3 rings (SSSR count). The summed E-state index contributed by atoms with van der Waals surface area (Å²) in [4.78, 5) is 1.12. The average Bonchev–Trinajstić information content (AvgIpc) is 2.74. The van der Waals surface area contributed by atoms with Gasteiger partial charge in [-0.2, -0.15) is 0 Å². The molecule has 2 N–H and O–H groups in total. The zero-order chi connectivity index (χ0) is 12.5. The van der Waals surface area contributed by atoms with Gasteiger partial charge >= 0.3 is 0 Å². The molecule has 1 nitrogen and oxygen atoms in total. The van der Waals surface area contributed by atoms with Gasteiger partial charge in [0.15, 0.2) is 0 Å². The monoisotopic (exact) mass is 277 g/mol. The van der Waals surface area contributed by atoms with Gasteiger partial charge in [-0.05, 0) is 42.0 Å². The Hall–Kier alpha value is -0.830. The van der Waals surface area contributed by atoms with Crippen LogP contribution in [0.25, 0.3) is 0 Å². The summed E-state index contributed by atoms with van der Waals surface area (Å²) in [6.07, 6.45) is 4.05. The minimum absolute atomic E-state index is 0.0575. The predicted octanol–water partition coefficient (Wildman–Crippen LogP) is 4.72. The largest absolute Gasteiger partial charge is 0.320 e. The third-order valence-corrected chi connectivity index (χ3v) is 5.09. The van der Waals surface area contributed by atoms with Crippen LogP contribution in [0, 0.1) is 0 Å². The van der Waals surface area contributed by atoms with Crippen molar-refractivity contribution in [2.24, 2.45) is 5.73 Å². The standard InChI is InChI=1S/C15H16ClNS/c16-14-9-8-13(18-14)15(17)12-6-4-11(5-7-12)10-2-1-3-10/h4-10,15H,1-3,17H2. The van der Waals surface area contributed by atoms with Crippen molar-refractivity contribution in [2.75, 3.05) is 0 Å². The van der Waals surface area contributed by atoms with Gasteiger partial charge < -0.3 is 5.73 Å². The molecule has 0 saturated heterocycles. The van der Waals surface area contributed by atoms with Crippen molar-refractivity contribution in [3.8, 4) is 0 Å². The lowest BCUT2D eigenvalue weighted by Crippen LogP contribution is -2.12. The summed E-state index contributed by atoms with van der Waals surface area (Å²) in [6, 6.07) is 12.6. The topological polar surface area (TPSA) is 26.0 Å². The molecule has 1 aromatic heterocycles. The van der Waals surface area contributed by atoms with Gasteiger partial charge in [-0.15, -0.1) is 11.3 Å². The predicted molar refractivity (Wildman–Crippen MR) is 78.4 cm³/mol. The summed E-state index contributed by atoms with van der Waals surface area (Å²) >= 11 is 7.51. The van der Waals surface area contributed by atoms with E-state index in [4.69, 9.17) is 17.3 Å². The highest BCUT2D eigenvalue weighted by molar-refractivity contribution is 7.16. The van der Waals surface area contributed by atoms with E-state index in [9.17, 15) is 0 Å². The molecule has 1 unspecified atom stereocenters. The van der Waals surface area contributed by atoms with Crippen molar-refractivity contribution in [1.82, 2.24) is 0 Å². The lowest BCUT2D eigenvalue weighted by Gasteiger charge is -2.26. The summed E-state index contributed by atoms with van der Waals surface area (Å²) in [5.74, 6) is 0.784. The van der Waals surface area contributed by atoms with Crippen molar-refractivity contribution < 1.29 is 0 Å². The van der Waals surface area contributed by atoms with Gasteiger partial charge in [-0.25, -0.2) is 0 Å². The first kappa shape index (κ1) is 12.2. The summed E-state index contributed by atoms with van der Waals surface area (Å²) < 4.78 is 0.798. The second kappa shape index (κ2) is 5.04. The summed E-state index contributed by atoms with van der Waals surface area (Å²) in [5.41, 5.74) is 8.88. The molecule has 1 atom stereocenters. The number of thiophene rings is 1. The molecule has 1 saturated carbocycles. The Balaban J connectivity index is 1.79. The Morgan fingerprint density at radius 1 is 1.11 bits per heavy atom. The van der Waals surface area contributed by atoms with Crippen LogP contribution in [0.1, 0.15) is 47.2 Å². The summed E-state index contributed by atoms with van der Waals surface area (Å²) in [5, 5.41) is 0. The average molecular weight is 278 g/mol. The molecule has 94 valence electrons. The molecule has 0 bridgehead atoms. The molecule has 18 heavy (non-hydrogen) atoms. The van der Waals surface area contributed by atoms with E-state index in [1.165, 1.54) is 24.8 Å². The lowest BCUT2D eigenvalue weighted by molar-refractivity contribution is 0.419. The zero-order valence-corrected chi connectivity index (χ0v) is 11.7. The lowest BCUT2D eigenvalue weighted by atomic mass is 9.80. The van der Waals surface area contributed by atoms with Crippen LogP contribution in [0.3, 0.4) is 0 Å². The molecule has 1 fully saturated rings. The van der Waals surface area contributed by atoms with Crippen molar-refractivity contribution in [2.45, 2.75) is 31.2 Å². The Morgan fingerprint density at radius 2 is 1.83 bits per heavy atom. The Labute approximate surface area is 117 Å². The van der Waals surface area contributed by atoms with Crippen LogP contribution in [0.5, 0.6) is 0 Å². The molecule has 0 aliphatic heterocycles. The van der Waals surface area contributed by atoms with E-state index < -0.39 is 0 Å². The van der Waals surface area contributed by atoms with Crippen LogP contribution in [0.2, 0.25) is 4.34 Å². The van der Waals surface area contributed by atoms with E-state index in [0.717, 1.165) is 20.7 Å². The number of hydrogen-bond donors (Lipinski definition) is 1. The fraction of sp³-hybridized carbons (Fsp3) is 0.333. The van der Waals surface area contributed by atoms with Crippen molar-refractivity contribution in [1.29, 1.82) is 0 Å². The molecule has 0 radical (unpaired) electrons. The second-order valence-electron chi connectivity index (χ2n) is 4.91. The van der Waals surface area contributed by atoms with Crippen LogP contribution >= 0.6 is 22.9 Å². The zero-order valence-electron chi connectivity index (χ0n) is 10.1. The van der Waals surface area contributed by atoms with Gasteiger partial charge in [0.25, 0.3) is 0 Å². The van der Waals surface area contributed by atoms with Gasteiger partial charge in [-0.1, -0.05) is 42.3 Å². The van der Waals surface area contributed by atoms with Gasteiger partial charge in [0.2, 0.25) is 0 Å². The highest BCUT2D eigenvalue weighted by atomic mass is 35.5. The number of hydrogen-bond acceptors (Lipinski definition) is 2. The molecule has 0 amide bonds. The van der Waals surface area contributed by atoms with Crippen molar-refractivity contribution in [3.63, 3.8) is 0 Å². The van der Waals surface area contributed by atoms with Crippen LogP contribution in [-0.4, -0.2) is 0 Å². The summed E-state index contributed by atoms with van der Waals surface area (Å²) in [7, 11) is 0. The van der Waals surface area contributed by atoms with E-state index >= 15 is 0 Å². The highest BCUT2D eigenvalue weighted by Gasteiger charge is 2.19. The number of benzene rings is 1. The maximum atomic E-state index is 6.25. The smallest absolute Gasteiger partial charge is 0.0931 e. The fourth-order valence-electron chi connectivity index (χ4n) is 2.38. The Morgan fingerprint density at radius 3 is 2.33 bits per heavy atom. The van der Waals surface area contributed by atoms with Crippen LogP contribution < -0.4 is 5.73 Å². The molecule has 3 heteroatoms. The minimum atomic E-state index is -0.0575. The Kier molecular flexibility index (Phi) is 3.42. The van der Waals surface area contributed by atoms with E-state index in [0.29, 0.717) is 0 Å². The molecule has 1 heterocycles. The first-order valence-electron chi connectivity index (χ1n) is 6.35. The quantitative estimate of drug-likeness (QED) is 0.863. The van der Waals surface area contributed by atoms with E-state index in [1.807, 2.05) is 12.1 Å². The van der Waals surface area contributed by atoms with E-state index in [1.54, 1.807) is 11.3 Å². The molecule has 1 aliphatic rings. The van der Waals surface area contributed by atoms with Crippen LogP contribution in [0.15, 0.2) is 36.4 Å². The number of nitrogens with two attached hydrogens (primary N) is 1. The maximum absolute atomic E-state index is 6.25. The molecule has 0 spiro atoms. The first-order chi connectivity index (χ1) is 8.74.